The fraction of sp³-hybridized carbons (Fsp3) is 0.333. The number of hydrogen-bond acceptors (Lipinski definition) is 2. The van der Waals surface area contributed by atoms with Gasteiger partial charge in [-0.2, -0.15) is 0 Å². The van der Waals surface area contributed by atoms with Crippen molar-refractivity contribution in [2.24, 2.45) is 7.05 Å². The maximum atomic E-state index is 13.1. The molecule has 1 amide bonds. The lowest BCUT2D eigenvalue weighted by atomic mass is 10.0. The normalized spacial score (nSPS) is 21.5. The number of hydrogen-bond donors (Lipinski definition) is 0. The van der Waals surface area contributed by atoms with Crippen molar-refractivity contribution in [3.05, 3.63) is 47.7 Å². The number of carbonyl (C=O) groups excluding carboxylic acids is 2. The summed E-state index contributed by atoms with van der Waals surface area (Å²) in [5.74, 6) is 0.0798. The summed E-state index contributed by atoms with van der Waals surface area (Å²) in [5.41, 5.74) is 2.11. The van der Waals surface area contributed by atoms with E-state index in [-0.39, 0.29) is 17.7 Å². The third-order valence-corrected chi connectivity index (χ3v) is 4.82. The van der Waals surface area contributed by atoms with Gasteiger partial charge in [0.2, 0.25) is 0 Å². The van der Waals surface area contributed by atoms with Gasteiger partial charge < -0.3 is 9.47 Å². The van der Waals surface area contributed by atoms with Crippen molar-refractivity contribution in [2.75, 3.05) is 6.54 Å². The highest BCUT2D eigenvalue weighted by Gasteiger charge is 2.37. The summed E-state index contributed by atoms with van der Waals surface area (Å²) in [6, 6.07) is 7.76. The number of fused-ring (bicyclic) bond motifs is 4. The maximum Gasteiger partial charge on any atom is 0.271 e. The molecule has 22 heavy (non-hydrogen) atoms. The van der Waals surface area contributed by atoms with Gasteiger partial charge in [0, 0.05) is 37.0 Å². The van der Waals surface area contributed by atoms with E-state index < -0.39 is 0 Å². The van der Waals surface area contributed by atoms with Crippen LogP contribution in [0.4, 0.5) is 0 Å². The molecule has 4 nitrogen and oxygen atoms in total. The van der Waals surface area contributed by atoms with Crippen LogP contribution in [0.25, 0.3) is 10.9 Å². The minimum Gasteiger partial charge on any atom is -0.339 e. The van der Waals surface area contributed by atoms with Crippen molar-refractivity contribution < 1.29 is 9.59 Å². The van der Waals surface area contributed by atoms with Crippen molar-refractivity contribution >= 4 is 22.6 Å². The van der Waals surface area contributed by atoms with Gasteiger partial charge in [0.05, 0.1) is 5.56 Å². The van der Waals surface area contributed by atoms with Gasteiger partial charge in [0.25, 0.3) is 5.91 Å². The highest BCUT2D eigenvalue weighted by molar-refractivity contribution is 6.17. The number of amides is 1. The number of ketones is 1. The molecule has 4 rings (SSSR count). The van der Waals surface area contributed by atoms with Gasteiger partial charge in [-0.1, -0.05) is 30.4 Å². The summed E-state index contributed by atoms with van der Waals surface area (Å²) in [6.45, 7) is 0.689. The second-order valence-electron chi connectivity index (χ2n) is 6.08. The first kappa shape index (κ1) is 13.3. The van der Waals surface area contributed by atoms with Crippen molar-refractivity contribution in [1.82, 2.24) is 9.47 Å². The third kappa shape index (κ3) is 1.76. The van der Waals surface area contributed by atoms with E-state index in [1.807, 2.05) is 40.8 Å². The van der Waals surface area contributed by atoms with Crippen LogP contribution < -0.4 is 0 Å². The minimum atomic E-state index is -0.00934. The molecule has 0 N–H and O–H groups in total. The topological polar surface area (TPSA) is 42.3 Å². The minimum absolute atomic E-state index is 0.00625. The predicted molar refractivity (Wildman–Crippen MR) is 85.1 cm³/mol. The van der Waals surface area contributed by atoms with Crippen molar-refractivity contribution in [3.8, 4) is 0 Å². The molecule has 112 valence electrons. The van der Waals surface area contributed by atoms with Crippen LogP contribution in [0, 0.1) is 0 Å². The molecule has 2 aliphatic rings. The summed E-state index contributed by atoms with van der Waals surface area (Å²) < 4.78 is 1.88. The Balaban J connectivity index is 1.96. The Morgan fingerprint density at radius 1 is 1.14 bits per heavy atom. The molecule has 1 unspecified atom stereocenters. The van der Waals surface area contributed by atoms with E-state index in [9.17, 15) is 9.59 Å². The Bertz CT molecular complexity index is 816. The van der Waals surface area contributed by atoms with E-state index in [1.165, 1.54) is 0 Å². The standard InChI is InChI=1S/C18H18N2O2/c1-19-14-9-5-4-8-13(14)16-15(21)11-12-7-3-2-6-10-20(12)18(22)17(16)19/h2-5,8-9,12H,6-7,10-11H2,1H3. The number of benzene rings is 1. The fourth-order valence-corrected chi connectivity index (χ4v) is 3.73. The summed E-state index contributed by atoms with van der Waals surface area (Å²) in [4.78, 5) is 27.8. The first-order chi connectivity index (χ1) is 10.7. The Kier molecular flexibility index (Phi) is 2.93. The lowest BCUT2D eigenvalue weighted by Gasteiger charge is -2.27. The van der Waals surface area contributed by atoms with Crippen LogP contribution >= 0.6 is 0 Å². The quantitative estimate of drug-likeness (QED) is 0.701. The maximum absolute atomic E-state index is 13.1. The first-order valence-electron chi connectivity index (χ1n) is 7.75. The molecule has 2 aromatic rings. The zero-order chi connectivity index (χ0) is 15.3. The highest BCUT2D eigenvalue weighted by Crippen LogP contribution is 2.32. The Morgan fingerprint density at radius 2 is 1.95 bits per heavy atom. The molecule has 0 bridgehead atoms. The SMILES string of the molecule is Cn1c2c(c3ccccc31)C(=O)CC1CC=CCCN1C2=O. The number of Topliss-reactive ketones (excluding diaryl/α,β-unsaturated/α-hetero) is 1. The number of aryl methyl sites for hydroxylation is 1. The average Bonchev–Trinajstić information content (AvgIpc) is 2.65. The molecule has 1 atom stereocenters. The van der Waals surface area contributed by atoms with Crippen LogP contribution in [0.3, 0.4) is 0 Å². The monoisotopic (exact) mass is 294 g/mol. The number of nitrogens with zero attached hydrogens (tertiary/aromatic N) is 2. The van der Waals surface area contributed by atoms with E-state index in [0.29, 0.717) is 24.2 Å². The highest BCUT2D eigenvalue weighted by atomic mass is 16.2. The van der Waals surface area contributed by atoms with Gasteiger partial charge in [0.1, 0.15) is 5.69 Å². The molecule has 0 spiro atoms. The van der Waals surface area contributed by atoms with Crippen molar-refractivity contribution in [2.45, 2.75) is 25.3 Å². The van der Waals surface area contributed by atoms with Crippen LogP contribution in [0.15, 0.2) is 36.4 Å². The zero-order valence-corrected chi connectivity index (χ0v) is 12.6. The van der Waals surface area contributed by atoms with Crippen LogP contribution in [-0.4, -0.2) is 33.7 Å². The van der Waals surface area contributed by atoms with Crippen LogP contribution in [0.1, 0.15) is 40.1 Å². The van der Waals surface area contributed by atoms with Gasteiger partial charge in [-0.3, -0.25) is 9.59 Å². The van der Waals surface area contributed by atoms with Gasteiger partial charge in [-0.15, -0.1) is 0 Å². The Morgan fingerprint density at radius 3 is 2.82 bits per heavy atom. The fourth-order valence-electron chi connectivity index (χ4n) is 3.73. The molecule has 0 aliphatic carbocycles. The van der Waals surface area contributed by atoms with Gasteiger partial charge >= 0.3 is 0 Å². The van der Waals surface area contributed by atoms with E-state index in [0.717, 1.165) is 23.7 Å². The van der Waals surface area contributed by atoms with Crippen LogP contribution in [0.5, 0.6) is 0 Å². The molecular formula is C18H18N2O2. The van der Waals surface area contributed by atoms with Crippen molar-refractivity contribution in [1.29, 1.82) is 0 Å². The van der Waals surface area contributed by atoms with Crippen LogP contribution in [-0.2, 0) is 7.05 Å². The van der Waals surface area contributed by atoms with Gasteiger partial charge in [-0.05, 0) is 18.9 Å². The summed E-state index contributed by atoms with van der Waals surface area (Å²) in [6.07, 6.45) is 6.24. The van der Waals surface area contributed by atoms with Gasteiger partial charge in [-0.25, -0.2) is 0 Å². The second-order valence-corrected chi connectivity index (χ2v) is 6.08. The number of carbonyl (C=O) groups is 2. The largest absolute Gasteiger partial charge is 0.339 e. The smallest absolute Gasteiger partial charge is 0.271 e. The average molecular weight is 294 g/mol. The lowest BCUT2D eigenvalue weighted by Crippen LogP contribution is -2.40. The molecule has 1 aromatic carbocycles. The summed E-state index contributed by atoms with van der Waals surface area (Å²) in [5, 5.41) is 0.895. The molecule has 0 fully saturated rings. The molecule has 0 saturated carbocycles. The van der Waals surface area contributed by atoms with Crippen molar-refractivity contribution in [3.63, 3.8) is 0 Å². The lowest BCUT2D eigenvalue weighted by molar-refractivity contribution is 0.0675. The molecule has 4 heteroatoms. The molecule has 1 aromatic heterocycles. The number of para-hydroxylation sites is 1. The molecule has 0 radical (unpaired) electrons. The van der Waals surface area contributed by atoms with Gasteiger partial charge in [0.15, 0.2) is 5.78 Å². The summed E-state index contributed by atoms with van der Waals surface area (Å²) >= 11 is 0. The third-order valence-electron chi connectivity index (χ3n) is 4.82. The molecular weight excluding hydrogens is 276 g/mol. The Labute approximate surface area is 129 Å². The Hall–Kier alpha value is -2.36. The number of aromatic nitrogens is 1. The molecule has 2 aliphatic heterocycles. The zero-order valence-electron chi connectivity index (χ0n) is 12.6. The van der Waals surface area contributed by atoms with E-state index in [4.69, 9.17) is 0 Å². The molecule has 3 heterocycles. The second kappa shape index (κ2) is 4.83. The molecule has 0 saturated heterocycles. The predicted octanol–water partition coefficient (Wildman–Crippen LogP) is 2.93. The van der Waals surface area contributed by atoms with E-state index in [1.54, 1.807) is 0 Å². The van der Waals surface area contributed by atoms with E-state index in [2.05, 4.69) is 12.2 Å². The first-order valence-corrected chi connectivity index (χ1v) is 7.75. The number of rotatable bonds is 0. The van der Waals surface area contributed by atoms with Crippen LogP contribution in [0.2, 0.25) is 0 Å². The summed E-state index contributed by atoms with van der Waals surface area (Å²) in [7, 11) is 1.88. The van der Waals surface area contributed by atoms with E-state index >= 15 is 0 Å².